The highest BCUT2D eigenvalue weighted by Crippen LogP contribution is 2.52. The predicted octanol–water partition coefficient (Wildman–Crippen LogP) is 5.00. The van der Waals surface area contributed by atoms with Crippen LogP contribution < -0.4 is 5.01 Å². The van der Waals surface area contributed by atoms with Gasteiger partial charge in [-0.1, -0.05) is 70.2 Å². The van der Waals surface area contributed by atoms with Gasteiger partial charge in [0.1, 0.15) is 10.4 Å². The number of hydrogen-bond acceptors (Lipinski definition) is 5. The molecule has 1 aromatic heterocycles. The highest BCUT2D eigenvalue weighted by molar-refractivity contribution is 9.10. The first kappa shape index (κ1) is 14.6. The van der Waals surface area contributed by atoms with Crippen LogP contribution in [-0.2, 0) is 0 Å². The van der Waals surface area contributed by atoms with Crippen molar-refractivity contribution < 1.29 is 0 Å². The van der Waals surface area contributed by atoms with Crippen LogP contribution in [0.3, 0.4) is 0 Å². The van der Waals surface area contributed by atoms with Crippen molar-refractivity contribution in [1.82, 2.24) is 14.9 Å². The SMILES string of the molecule is Brc1cccc(C2SC=C3Sc4nnc(-c5ccccc5)n4N32)c1. The molecule has 0 bridgehead atoms. The first-order valence-electron chi connectivity index (χ1n) is 7.40. The second kappa shape index (κ2) is 5.68. The number of thioether (sulfide) groups is 2. The summed E-state index contributed by atoms with van der Waals surface area (Å²) in [7, 11) is 0. The summed E-state index contributed by atoms with van der Waals surface area (Å²) >= 11 is 7.06. The van der Waals surface area contributed by atoms with Crippen molar-refractivity contribution in [2.24, 2.45) is 0 Å². The van der Waals surface area contributed by atoms with E-state index in [4.69, 9.17) is 0 Å². The Kier molecular flexibility index (Phi) is 3.46. The molecule has 7 heteroatoms. The Hall–Kier alpha value is -1.70. The zero-order valence-corrected chi connectivity index (χ0v) is 15.6. The quantitative estimate of drug-likeness (QED) is 0.589. The van der Waals surface area contributed by atoms with E-state index in [-0.39, 0.29) is 5.37 Å². The molecule has 3 heterocycles. The third-order valence-corrected chi connectivity index (χ3v) is 6.62. The van der Waals surface area contributed by atoms with Gasteiger partial charge in [0.05, 0.1) is 0 Å². The number of fused-ring (bicyclic) bond motifs is 3. The highest BCUT2D eigenvalue weighted by Gasteiger charge is 2.39. The Balaban J connectivity index is 1.62. The van der Waals surface area contributed by atoms with Crippen molar-refractivity contribution in [3.8, 4) is 11.4 Å². The topological polar surface area (TPSA) is 34.0 Å². The summed E-state index contributed by atoms with van der Waals surface area (Å²) in [5.41, 5.74) is 2.32. The van der Waals surface area contributed by atoms with Crippen molar-refractivity contribution in [2.75, 3.05) is 5.01 Å². The number of rotatable bonds is 2. The molecule has 1 unspecified atom stereocenters. The van der Waals surface area contributed by atoms with Crippen LogP contribution in [0.15, 0.2) is 74.7 Å². The Morgan fingerprint density at radius 2 is 1.88 bits per heavy atom. The molecule has 1 atom stereocenters. The van der Waals surface area contributed by atoms with E-state index in [0.717, 1.165) is 21.0 Å². The minimum Gasteiger partial charge on any atom is -0.252 e. The molecule has 5 rings (SSSR count). The van der Waals surface area contributed by atoms with Gasteiger partial charge in [-0.3, -0.25) is 5.01 Å². The van der Waals surface area contributed by atoms with Crippen LogP contribution in [0.4, 0.5) is 0 Å². The largest absolute Gasteiger partial charge is 0.252 e. The second-order valence-corrected chi connectivity index (χ2v) is 8.29. The average Bonchev–Trinajstić information content (AvgIpc) is 3.26. The Morgan fingerprint density at radius 3 is 2.71 bits per heavy atom. The summed E-state index contributed by atoms with van der Waals surface area (Å²) in [4.78, 5) is 0. The molecule has 2 aliphatic heterocycles. The van der Waals surface area contributed by atoms with E-state index in [2.05, 4.69) is 77.6 Å². The lowest BCUT2D eigenvalue weighted by atomic mass is 10.2. The van der Waals surface area contributed by atoms with Gasteiger partial charge in [0, 0.05) is 15.4 Å². The molecule has 0 amide bonds. The maximum atomic E-state index is 4.42. The lowest BCUT2D eigenvalue weighted by molar-refractivity contribution is 0.639. The maximum Gasteiger partial charge on any atom is 0.217 e. The fourth-order valence-corrected chi connectivity index (χ4v) is 5.52. The number of nitrogens with zero attached hydrogens (tertiary/aromatic N) is 4. The summed E-state index contributed by atoms with van der Waals surface area (Å²) in [6.45, 7) is 0. The highest BCUT2D eigenvalue weighted by atomic mass is 79.9. The van der Waals surface area contributed by atoms with Crippen molar-refractivity contribution >= 4 is 39.5 Å². The third-order valence-electron chi connectivity index (χ3n) is 3.93. The van der Waals surface area contributed by atoms with E-state index in [9.17, 15) is 0 Å². The summed E-state index contributed by atoms with van der Waals surface area (Å²) in [5, 5.41) is 15.6. The second-order valence-electron chi connectivity index (χ2n) is 5.43. The van der Waals surface area contributed by atoms with Crippen molar-refractivity contribution in [2.45, 2.75) is 10.5 Å². The number of hydrogen-bond donors (Lipinski definition) is 0. The predicted molar refractivity (Wildman–Crippen MR) is 102 cm³/mol. The standard InChI is InChI=1S/C17H11BrN4S2/c18-13-8-4-7-12(9-13)16-21-14(10-23-16)24-17-20-19-15(22(17)21)11-5-2-1-3-6-11/h1-10,16H. The molecule has 0 saturated heterocycles. The molecule has 0 saturated carbocycles. The zero-order chi connectivity index (χ0) is 16.1. The van der Waals surface area contributed by atoms with Gasteiger partial charge in [-0.05, 0) is 29.5 Å². The molecule has 3 aromatic rings. The van der Waals surface area contributed by atoms with Crippen LogP contribution >= 0.6 is 39.5 Å². The minimum absolute atomic E-state index is 0.185. The van der Waals surface area contributed by atoms with Gasteiger partial charge in [0.15, 0.2) is 5.82 Å². The summed E-state index contributed by atoms with van der Waals surface area (Å²) < 4.78 is 3.23. The van der Waals surface area contributed by atoms with Crippen LogP contribution in [0, 0.1) is 0 Å². The minimum atomic E-state index is 0.185. The van der Waals surface area contributed by atoms with E-state index < -0.39 is 0 Å². The summed E-state index contributed by atoms with van der Waals surface area (Å²) in [6, 6.07) is 18.7. The number of aromatic nitrogens is 3. The van der Waals surface area contributed by atoms with Crippen molar-refractivity contribution in [1.29, 1.82) is 0 Å². The first-order valence-corrected chi connectivity index (χ1v) is 9.96. The lowest BCUT2D eigenvalue weighted by Crippen LogP contribution is -2.29. The van der Waals surface area contributed by atoms with E-state index >= 15 is 0 Å². The van der Waals surface area contributed by atoms with Crippen LogP contribution in [0.1, 0.15) is 10.9 Å². The van der Waals surface area contributed by atoms with Gasteiger partial charge in [-0.15, -0.1) is 10.2 Å². The Bertz CT molecular complexity index is 954. The lowest BCUT2D eigenvalue weighted by Gasteiger charge is -2.26. The Labute approximate surface area is 156 Å². The van der Waals surface area contributed by atoms with Gasteiger partial charge in [0.2, 0.25) is 5.16 Å². The zero-order valence-electron chi connectivity index (χ0n) is 12.3. The molecular formula is C17H11BrN4S2. The van der Waals surface area contributed by atoms with Gasteiger partial charge in [-0.2, -0.15) is 0 Å². The third kappa shape index (κ3) is 2.22. The number of benzene rings is 2. The van der Waals surface area contributed by atoms with Gasteiger partial charge < -0.3 is 0 Å². The summed E-state index contributed by atoms with van der Waals surface area (Å²) in [6.07, 6.45) is 0. The molecule has 0 spiro atoms. The van der Waals surface area contributed by atoms with Crippen LogP contribution in [-0.4, -0.2) is 14.9 Å². The smallest absolute Gasteiger partial charge is 0.217 e. The number of halogens is 1. The van der Waals surface area contributed by atoms with Crippen LogP contribution in [0.5, 0.6) is 0 Å². The first-order chi connectivity index (χ1) is 11.8. The molecule has 4 nitrogen and oxygen atoms in total. The van der Waals surface area contributed by atoms with Crippen LogP contribution in [0.2, 0.25) is 0 Å². The molecular weight excluding hydrogens is 404 g/mol. The normalized spacial score (nSPS) is 18.5. The van der Waals surface area contributed by atoms with Gasteiger partial charge >= 0.3 is 0 Å². The molecule has 24 heavy (non-hydrogen) atoms. The van der Waals surface area contributed by atoms with Gasteiger partial charge in [0.25, 0.3) is 0 Å². The van der Waals surface area contributed by atoms with Gasteiger partial charge in [-0.25, -0.2) is 4.68 Å². The molecule has 2 aromatic carbocycles. The Morgan fingerprint density at radius 1 is 1.00 bits per heavy atom. The maximum absolute atomic E-state index is 4.42. The molecule has 0 N–H and O–H groups in total. The summed E-state index contributed by atoms with van der Waals surface area (Å²) in [5.74, 6) is 0.879. The van der Waals surface area contributed by atoms with E-state index in [1.54, 1.807) is 11.8 Å². The molecule has 0 aliphatic carbocycles. The fourth-order valence-electron chi connectivity index (χ4n) is 2.89. The monoisotopic (exact) mass is 414 g/mol. The molecule has 2 aliphatic rings. The van der Waals surface area contributed by atoms with E-state index in [1.165, 1.54) is 10.6 Å². The van der Waals surface area contributed by atoms with Crippen molar-refractivity contribution in [3.63, 3.8) is 0 Å². The van der Waals surface area contributed by atoms with E-state index in [0.29, 0.717) is 0 Å². The average molecular weight is 415 g/mol. The molecule has 0 fully saturated rings. The fraction of sp³-hybridized carbons (Fsp3) is 0.0588. The van der Waals surface area contributed by atoms with E-state index in [1.807, 2.05) is 30.0 Å². The van der Waals surface area contributed by atoms with Crippen molar-refractivity contribution in [3.05, 3.63) is 75.1 Å². The van der Waals surface area contributed by atoms with Crippen LogP contribution in [0.25, 0.3) is 11.4 Å². The molecule has 118 valence electrons. The molecule has 0 radical (unpaired) electrons.